The maximum atomic E-state index is 5.95. The average Bonchev–Trinajstić information content (AvgIpc) is 3.32. The van der Waals surface area contributed by atoms with Crippen LogP contribution in [0.2, 0.25) is 0 Å². The van der Waals surface area contributed by atoms with E-state index in [0.29, 0.717) is 12.6 Å². The van der Waals surface area contributed by atoms with E-state index in [1.54, 1.807) is 0 Å². The zero-order valence-electron chi connectivity index (χ0n) is 12.5. The van der Waals surface area contributed by atoms with Crippen molar-refractivity contribution < 1.29 is 4.74 Å². The van der Waals surface area contributed by atoms with Gasteiger partial charge in [-0.2, -0.15) is 0 Å². The molecule has 0 amide bonds. The van der Waals surface area contributed by atoms with Crippen LogP contribution in [0.25, 0.3) is 0 Å². The molecule has 0 bridgehead atoms. The van der Waals surface area contributed by atoms with E-state index >= 15 is 0 Å². The molecule has 1 aromatic carbocycles. The SMILES string of the molecule is Cc1ccc(OCCc2ccccc2)c(CNC2CC2)n1. The van der Waals surface area contributed by atoms with Gasteiger partial charge in [-0.1, -0.05) is 30.3 Å². The Labute approximate surface area is 126 Å². The fourth-order valence-electron chi connectivity index (χ4n) is 2.31. The van der Waals surface area contributed by atoms with Crippen molar-refractivity contribution in [3.63, 3.8) is 0 Å². The maximum absolute atomic E-state index is 5.95. The van der Waals surface area contributed by atoms with Crippen molar-refractivity contribution in [3.8, 4) is 5.75 Å². The largest absolute Gasteiger partial charge is 0.491 e. The van der Waals surface area contributed by atoms with Crippen molar-refractivity contribution in [1.29, 1.82) is 0 Å². The molecule has 0 unspecified atom stereocenters. The lowest BCUT2D eigenvalue weighted by atomic mass is 10.2. The fraction of sp³-hybridized carbons (Fsp3) is 0.389. The number of aromatic nitrogens is 1. The van der Waals surface area contributed by atoms with Gasteiger partial charge in [-0.3, -0.25) is 4.98 Å². The minimum absolute atomic E-state index is 0.685. The number of nitrogens with one attached hydrogen (secondary N) is 1. The molecule has 3 rings (SSSR count). The predicted molar refractivity (Wildman–Crippen MR) is 84.5 cm³/mol. The Morgan fingerprint density at radius 1 is 1.14 bits per heavy atom. The quantitative estimate of drug-likeness (QED) is 0.846. The monoisotopic (exact) mass is 282 g/mol. The van der Waals surface area contributed by atoms with E-state index in [1.165, 1.54) is 18.4 Å². The second kappa shape index (κ2) is 6.72. The molecule has 2 aromatic rings. The maximum Gasteiger partial charge on any atom is 0.142 e. The third-order valence-electron chi connectivity index (χ3n) is 3.70. The van der Waals surface area contributed by atoms with Crippen molar-refractivity contribution in [2.45, 2.75) is 38.8 Å². The highest BCUT2D eigenvalue weighted by atomic mass is 16.5. The number of ether oxygens (including phenoxy) is 1. The molecule has 110 valence electrons. The van der Waals surface area contributed by atoms with Gasteiger partial charge in [-0.05, 0) is 37.5 Å². The molecule has 21 heavy (non-hydrogen) atoms. The number of pyridine rings is 1. The van der Waals surface area contributed by atoms with Crippen LogP contribution in [0.1, 0.15) is 29.8 Å². The first-order valence-corrected chi connectivity index (χ1v) is 7.68. The second-order valence-electron chi connectivity index (χ2n) is 5.64. The number of aryl methyl sites for hydroxylation is 1. The lowest BCUT2D eigenvalue weighted by Crippen LogP contribution is -2.17. The van der Waals surface area contributed by atoms with Gasteiger partial charge >= 0.3 is 0 Å². The highest BCUT2D eigenvalue weighted by Gasteiger charge is 2.21. The van der Waals surface area contributed by atoms with Gasteiger partial charge in [-0.25, -0.2) is 0 Å². The summed E-state index contributed by atoms with van der Waals surface area (Å²) in [7, 11) is 0. The average molecular weight is 282 g/mol. The van der Waals surface area contributed by atoms with Crippen LogP contribution in [0.4, 0.5) is 0 Å². The molecule has 3 nitrogen and oxygen atoms in total. The molecular weight excluding hydrogens is 260 g/mol. The predicted octanol–water partition coefficient (Wildman–Crippen LogP) is 3.26. The molecule has 1 aliphatic carbocycles. The summed E-state index contributed by atoms with van der Waals surface area (Å²) in [5.41, 5.74) is 3.36. The van der Waals surface area contributed by atoms with E-state index in [4.69, 9.17) is 4.74 Å². The van der Waals surface area contributed by atoms with E-state index in [1.807, 2.05) is 25.1 Å². The van der Waals surface area contributed by atoms with Gasteiger partial charge < -0.3 is 10.1 Å². The van der Waals surface area contributed by atoms with Crippen LogP contribution in [0.15, 0.2) is 42.5 Å². The summed E-state index contributed by atoms with van der Waals surface area (Å²) >= 11 is 0. The summed E-state index contributed by atoms with van der Waals surface area (Å²) in [5.74, 6) is 0.907. The first-order valence-electron chi connectivity index (χ1n) is 7.68. The highest BCUT2D eigenvalue weighted by Crippen LogP contribution is 2.22. The number of benzene rings is 1. The molecule has 0 saturated heterocycles. The summed E-state index contributed by atoms with van der Waals surface area (Å²) in [4.78, 5) is 4.61. The van der Waals surface area contributed by atoms with Crippen LogP contribution in [0.5, 0.6) is 5.75 Å². The van der Waals surface area contributed by atoms with Gasteiger partial charge in [0.15, 0.2) is 0 Å². The van der Waals surface area contributed by atoms with Crippen LogP contribution in [-0.4, -0.2) is 17.6 Å². The first-order chi connectivity index (χ1) is 10.3. The fourth-order valence-corrected chi connectivity index (χ4v) is 2.31. The molecule has 1 N–H and O–H groups in total. The van der Waals surface area contributed by atoms with Gasteiger partial charge in [0.25, 0.3) is 0 Å². The van der Waals surface area contributed by atoms with Gasteiger partial charge in [-0.15, -0.1) is 0 Å². The van der Waals surface area contributed by atoms with E-state index in [2.05, 4.69) is 34.6 Å². The molecule has 1 saturated carbocycles. The molecule has 0 atom stereocenters. The first kappa shape index (κ1) is 14.1. The summed E-state index contributed by atoms with van der Waals surface area (Å²) < 4.78 is 5.95. The Morgan fingerprint density at radius 2 is 1.95 bits per heavy atom. The molecule has 1 fully saturated rings. The van der Waals surface area contributed by atoms with Crippen molar-refractivity contribution in [2.24, 2.45) is 0 Å². The minimum Gasteiger partial charge on any atom is -0.491 e. The molecule has 1 heterocycles. The summed E-state index contributed by atoms with van der Waals surface area (Å²) in [6.45, 7) is 3.51. The van der Waals surface area contributed by atoms with E-state index in [9.17, 15) is 0 Å². The Kier molecular flexibility index (Phi) is 4.51. The number of rotatable bonds is 7. The third kappa shape index (κ3) is 4.30. The van der Waals surface area contributed by atoms with Crippen molar-refractivity contribution >= 4 is 0 Å². The minimum atomic E-state index is 0.685. The van der Waals surface area contributed by atoms with Crippen molar-refractivity contribution in [2.75, 3.05) is 6.61 Å². The summed E-state index contributed by atoms with van der Waals surface area (Å²) in [5, 5.41) is 3.51. The lowest BCUT2D eigenvalue weighted by molar-refractivity contribution is 0.315. The van der Waals surface area contributed by atoms with E-state index in [-0.39, 0.29) is 0 Å². The number of hydrogen-bond donors (Lipinski definition) is 1. The smallest absolute Gasteiger partial charge is 0.142 e. The number of hydrogen-bond acceptors (Lipinski definition) is 3. The zero-order valence-corrected chi connectivity index (χ0v) is 12.5. The second-order valence-corrected chi connectivity index (χ2v) is 5.64. The van der Waals surface area contributed by atoms with Crippen molar-refractivity contribution in [1.82, 2.24) is 10.3 Å². The lowest BCUT2D eigenvalue weighted by Gasteiger charge is -2.12. The summed E-state index contributed by atoms with van der Waals surface area (Å²) in [6.07, 6.45) is 3.50. The molecule has 0 radical (unpaired) electrons. The molecular formula is C18H22N2O. The van der Waals surface area contributed by atoms with Gasteiger partial charge in [0.05, 0.1) is 12.3 Å². The van der Waals surface area contributed by atoms with Crippen LogP contribution < -0.4 is 10.1 Å². The summed E-state index contributed by atoms with van der Waals surface area (Å²) in [6, 6.07) is 15.2. The van der Waals surface area contributed by atoms with Crippen molar-refractivity contribution in [3.05, 3.63) is 59.4 Å². The molecule has 1 aliphatic rings. The topological polar surface area (TPSA) is 34.1 Å². The van der Waals surface area contributed by atoms with Crippen LogP contribution in [-0.2, 0) is 13.0 Å². The molecule has 3 heteroatoms. The normalized spacial score (nSPS) is 14.1. The number of nitrogens with zero attached hydrogens (tertiary/aromatic N) is 1. The van der Waals surface area contributed by atoms with Gasteiger partial charge in [0, 0.05) is 24.7 Å². The van der Waals surface area contributed by atoms with E-state index in [0.717, 1.165) is 30.1 Å². The Morgan fingerprint density at radius 3 is 2.71 bits per heavy atom. The Hall–Kier alpha value is -1.87. The van der Waals surface area contributed by atoms with E-state index < -0.39 is 0 Å². The zero-order chi connectivity index (χ0) is 14.5. The van der Waals surface area contributed by atoms with Crippen LogP contribution >= 0.6 is 0 Å². The Bertz CT molecular complexity index is 579. The standard InChI is InChI=1S/C18H22N2O/c1-14-7-10-18(17(20-14)13-19-16-8-9-16)21-12-11-15-5-3-2-4-6-15/h2-7,10,16,19H,8-9,11-13H2,1H3. The van der Waals surface area contributed by atoms with Gasteiger partial charge in [0.2, 0.25) is 0 Å². The Balaban J connectivity index is 1.58. The highest BCUT2D eigenvalue weighted by molar-refractivity contribution is 5.29. The van der Waals surface area contributed by atoms with Gasteiger partial charge in [0.1, 0.15) is 5.75 Å². The van der Waals surface area contributed by atoms with Crippen LogP contribution in [0, 0.1) is 6.92 Å². The molecule has 1 aromatic heterocycles. The molecule has 0 aliphatic heterocycles. The third-order valence-corrected chi connectivity index (χ3v) is 3.70. The molecule has 0 spiro atoms. The van der Waals surface area contributed by atoms with Crippen LogP contribution in [0.3, 0.4) is 0 Å².